The highest BCUT2D eigenvalue weighted by Gasteiger charge is 2.45. The van der Waals surface area contributed by atoms with E-state index in [0.717, 1.165) is 23.2 Å². The number of nitrogens with one attached hydrogen (secondary N) is 1. The minimum atomic E-state index is -0.589. The zero-order valence-electron chi connectivity index (χ0n) is 22.7. The van der Waals surface area contributed by atoms with Crippen molar-refractivity contribution in [3.8, 4) is 6.07 Å². The summed E-state index contributed by atoms with van der Waals surface area (Å²) in [6.07, 6.45) is 1.69. The van der Waals surface area contributed by atoms with Crippen molar-refractivity contribution < 1.29 is 9.59 Å². The van der Waals surface area contributed by atoms with E-state index in [1.807, 2.05) is 56.3 Å². The predicted molar refractivity (Wildman–Crippen MR) is 162 cm³/mol. The molecule has 210 valence electrons. The lowest BCUT2D eigenvalue weighted by Gasteiger charge is -2.42. The van der Waals surface area contributed by atoms with Crippen LogP contribution in [0.15, 0.2) is 81.6 Å². The van der Waals surface area contributed by atoms with Crippen LogP contribution in [-0.2, 0) is 16.0 Å². The van der Waals surface area contributed by atoms with Gasteiger partial charge in [-0.25, -0.2) is 0 Å². The Morgan fingerprint density at radius 2 is 1.93 bits per heavy atom. The number of Topliss-reactive ketones (excluding diaryl/α,β-unsaturated/α-hetero) is 1. The van der Waals surface area contributed by atoms with Crippen LogP contribution in [0.3, 0.4) is 0 Å². The van der Waals surface area contributed by atoms with Crippen molar-refractivity contribution in [3.63, 3.8) is 0 Å². The Morgan fingerprint density at radius 3 is 2.63 bits per heavy atom. The second kappa shape index (κ2) is 12.1. The maximum absolute atomic E-state index is 13.6. The average molecular weight is 605 g/mol. The first-order valence-electron chi connectivity index (χ1n) is 13.2. The van der Waals surface area contributed by atoms with Crippen molar-refractivity contribution >= 4 is 51.5 Å². The van der Waals surface area contributed by atoms with Crippen molar-refractivity contribution in [1.29, 1.82) is 5.26 Å². The number of aromatic nitrogens is 2. The van der Waals surface area contributed by atoms with Crippen LogP contribution in [0.2, 0.25) is 5.02 Å². The molecule has 1 amide bonds. The summed E-state index contributed by atoms with van der Waals surface area (Å²) in [6.45, 7) is 4.63. The fraction of sp³-hybridized carbons (Fsp3) is 0.300. The zero-order chi connectivity index (χ0) is 29.1. The summed E-state index contributed by atoms with van der Waals surface area (Å²) in [5.41, 5.74) is 9.88. The molecule has 0 fully saturated rings. The molecule has 11 heteroatoms. The largest absolute Gasteiger partial charge is 0.384 e. The first-order chi connectivity index (χ1) is 19.7. The van der Waals surface area contributed by atoms with E-state index in [2.05, 4.69) is 21.6 Å². The van der Waals surface area contributed by atoms with E-state index in [9.17, 15) is 14.9 Å². The van der Waals surface area contributed by atoms with E-state index in [0.29, 0.717) is 39.5 Å². The number of hydrogen-bond donors (Lipinski definition) is 2. The molecule has 2 aliphatic rings. The number of allylic oxidation sites excluding steroid dienone is 3. The summed E-state index contributed by atoms with van der Waals surface area (Å²) < 4.78 is 0.591. The molecular weight excluding hydrogens is 576 g/mol. The molecule has 1 aromatic heterocycles. The summed E-state index contributed by atoms with van der Waals surface area (Å²) in [7, 11) is 0. The predicted octanol–water partition coefficient (Wildman–Crippen LogP) is 5.58. The van der Waals surface area contributed by atoms with Crippen LogP contribution in [0.4, 0.5) is 5.13 Å². The molecule has 0 bridgehead atoms. The highest BCUT2D eigenvalue weighted by atomic mass is 35.5. The lowest BCUT2D eigenvalue weighted by molar-refractivity contribution is -0.119. The van der Waals surface area contributed by atoms with Gasteiger partial charge in [-0.3, -0.25) is 14.5 Å². The van der Waals surface area contributed by atoms with Gasteiger partial charge in [0.1, 0.15) is 5.82 Å². The van der Waals surface area contributed by atoms with Crippen molar-refractivity contribution in [2.75, 3.05) is 17.2 Å². The van der Waals surface area contributed by atoms with Gasteiger partial charge in [-0.05, 0) is 41.5 Å². The number of anilines is 1. The van der Waals surface area contributed by atoms with Gasteiger partial charge in [-0.15, -0.1) is 10.2 Å². The number of rotatable bonds is 8. The molecular formula is C30H29ClN6O2S2. The summed E-state index contributed by atoms with van der Waals surface area (Å²) in [6, 6.07) is 19.4. The minimum absolute atomic E-state index is 0.0206. The second-order valence-corrected chi connectivity index (χ2v) is 13.4. The molecule has 0 radical (unpaired) electrons. The summed E-state index contributed by atoms with van der Waals surface area (Å²) >= 11 is 8.68. The average Bonchev–Trinajstić information content (AvgIpc) is 3.40. The van der Waals surface area contributed by atoms with Crippen molar-refractivity contribution in [1.82, 2.24) is 15.5 Å². The topological polar surface area (TPSA) is 125 Å². The van der Waals surface area contributed by atoms with Crippen molar-refractivity contribution in [2.24, 2.45) is 11.1 Å². The molecule has 8 nitrogen and oxygen atoms in total. The monoisotopic (exact) mass is 604 g/mol. The number of nitriles is 1. The number of halogens is 1. The standard InChI is InChI=1S/C30H29ClN6O2S2/c1-30(2)14-22-26(23(38)15-30)25(19-8-10-20(31)11-9-19)21(16-32)27(33)37(22)28-35-36-29(41-28)40-17-24(39)34-13-12-18-6-4-3-5-7-18/h3-11,25H,12-15,17,33H2,1-2H3,(H,34,39). The van der Waals surface area contributed by atoms with Crippen LogP contribution in [0.25, 0.3) is 0 Å². The summed E-state index contributed by atoms with van der Waals surface area (Å²) in [5, 5.41) is 22.8. The maximum Gasteiger partial charge on any atom is 0.230 e. The third kappa shape index (κ3) is 6.32. The van der Waals surface area contributed by atoms with Crippen molar-refractivity contribution in [2.45, 2.75) is 43.4 Å². The van der Waals surface area contributed by atoms with E-state index in [1.54, 1.807) is 17.0 Å². The lowest BCUT2D eigenvalue weighted by Crippen LogP contribution is -2.42. The number of nitrogens with two attached hydrogens (primary N) is 1. The molecule has 0 saturated heterocycles. The van der Waals surface area contributed by atoms with E-state index in [4.69, 9.17) is 17.3 Å². The minimum Gasteiger partial charge on any atom is -0.384 e. The number of nitrogens with zero attached hydrogens (tertiary/aromatic N) is 4. The number of carbonyl (C=O) groups is 2. The van der Waals surface area contributed by atoms with Crippen LogP contribution in [0, 0.1) is 16.7 Å². The summed E-state index contributed by atoms with van der Waals surface area (Å²) in [5.74, 6) is -0.289. The molecule has 1 aliphatic heterocycles. The Labute approximate surface area is 252 Å². The van der Waals surface area contributed by atoms with Gasteiger partial charge in [0, 0.05) is 29.3 Å². The number of thioether (sulfide) groups is 1. The highest BCUT2D eigenvalue weighted by Crippen LogP contribution is 2.50. The first kappa shape index (κ1) is 28.9. The van der Waals surface area contributed by atoms with E-state index < -0.39 is 5.92 Å². The molecule has 0 spiro atoms. The Balaban J connectivity index is 1.38. The van der Waals surface area contributed by atoms with E-state index in [-0.39, 0.29) is 34.3 Å². The highest BCUT2D eigenvalue weighted by molar-refractivity contribution is 8.01. The van der Waals surface area contributed by atoms with Gasteiger partial charge >= 0.3 is 0 Å². The second-order valence-electron chi connectivity index (χ2n) is 10.8. The van der Waals surface area contributed by atoms with Crippen LogP contribution in [0.1, 0.15) is 43.7 Å². The van der Waals surface area contributed by atoms with Crippen molar-refractivity contribution in [3.05, 3.63) is 93.4 Å². The fourth-order valence-electron chi connectivity index (χ4n) is 5.24. The molecule has 41 heavy (non-hydrogen) atoms. The fourth-order valence-corrected chi connectivity index (χ4v) is 7.07. The SMILES string of the molecule is CC1(C)CC(=O)C2=C(C1)N(c1nnc(SCC(=O)NCCc3ccccc3)s1)C(N)=C(C#N)C2c1ccc(Cl)cc1. The van der Waals surface area contributed by atoms with Gasteiger partial charge in [0.05, 0.1) is 23.3 Å². The zero-order valence-corrected chi connectivity index (χ0v) is 25.1. The molecule has 1 unspecified atom stereocenters. The van der Waals surface area contributed by atoms with Gasteiger partial charge in [-0.1, -0.05) is 91.0 Å². The van der Waals surface area contributed by atoms with Gasteiger partial charge in [0.15, 0.2) is 10.1 Å². The van der Waals surface area contributed by atoms with Gasteiger partial charge < -0.3 is 11.1 Å². The smallest absolute Gasteiger partial charge is 0.230 e. The molecule has 5 rings (SSSR count). The molecule has 3 aromatic rings. The Hall–Kier alpha value is -3.65. The van der Waals surface area contributed by atoms with Gasteiger partial charge in [-0.2, -0.15) is 5.26 Å². The normalized spacial score (nSPS) is 18.2. The molecule has 1 aliphatic carbocycles. The Kier molecular flexibility index (Phi) is 8.50. The maximum atomic E-state index is 13.6. The Morgan fingerprint density at radius 1 is 1.20 bits per heavy atom. The third-order valence-electron chi connectivity index (χ3n) is 7.08. The van der Waals surface area contributed by atoms with Gasteiger partial charge in [0.25, 0.3) is 0 Å². The third-order valence-corrected chi connectivity index (χ3v) is 9.37. The summed E-state index contributed by atoms with van der Waals surface area (Å²) in [4.78, 5) is 27.8. The first-order valence-corrected chi connectivity index (χ1v) is 15.3. The number of amides is 1. The Bertz CT molecular complexity index is 1570. The quantitative estimate of drug-likeness (QED) is 0.319. The van der Waals surface area contributed by atoms with Crippen LogP contribution >= 0.6 is 34.7 Å². The van der Waals surface area contributed by atoms with E-state index in [1.165, 1.54) is 23.1 Å². The molecule has 1 atom stereocenters. The van der Waals surface area contributed by atoms with Crippen LogP contribution in [0.5, 0.6) is 0 Å². The lowest BCUT2D eigenvalue weighted by atomic mass is 9.69. The molecule has 3 N–H and O–H groups in total. The van der Waals surface area contributed by atoms with E-state index >= 15 is 0 Å². The molecule has 0 saturated carbocycles. The van der Waals surface area contributed by atoms with Gasteiger partial charge in [0.2, 0.25) is 11.0 Å². The molecule has 2 aromatic carbocycles. The number of benzene rings is 2. The number of hydrogen-bond acceptors (Lipinski definition) is 9. The number of ketones is 1. The van der Waals surface area contributed by atoms with Crippen LogP contribution in [-0.4, -0.2) is 34.2 Å². The number of carbonyl (C=O) groups excluding carboxylic acids is 2. The van der Waals surface area contributed by atoms with Crippen LogP contribution < -0.4 is 16.0 Å². The molecule has 2 heterocycles.